The minimum Gasteiger partial charge on any atom is -0.457 e. The molecule has 0 bridgehead atoms. The number of carbonyl (C=O) groups excluding carboxylic acids is 1. The molecule has 0 N–H and O–H groups in total. The zero-order valence-corrected chi connectivity index (χ0v) is 18.9. The highest BCUT2D eigenvalue weighted by Gasteiger charge is 2.33. The van der Waals surface area contributed by atoms with Crippen molar-refractivity contribution in [2.24, 2.45) is 0 Å². The summed E-state index contributed by atoms with van der Waals surface area (Å²) in [4.78, 5) is 25.4. The second-order valence-electron chi connectivity index (χ2n) is 7.29. The first-order valence-corrected chi connectivity index (χ1v) is 11.4. The number of anilines is 1. The normalized spacial score (nSPS) is 15.0. The number of unbranched alkanes of at least 4 members (excludes halogenated alkanes) is 1. The monoisotopic (exact) mass is 464 g/mol. The summed E-state index contributed by atoms with van der Waals surface area (Å²) in [5.74, 6) is 0.882. The Morgan fingerprint density at radius 2 is 1.81 bits per heavy atom. The van der Waals surface area contributed by atoms with Crippen molar-refractivity contribution < 1.29 is 14.1 Å². The average Bonchev–Trinajstić information content (AvgIpc) is 3.37. The summed E-state index contributed by atoms with van der Waals surface area (Å²) < 4.78 is 6.31. The minimum absolute atomic E-state index is 0.0163. The first-order valence-electron chi connectivity index (χ1n) is 10.2. The van der Waals surface area contributed by atoms with Crippen molar-refractivity contribution in [3.05, 3.63) is 87.0 Å². The Labute approximate surface area is 195 Å². The molecule has 1 fully saturated rings. The van der Waals surface area contributed by atoms with E-state index in [1.807, 2.05) is 24.3 Å². The van der Waals surface area contributed by atoms with Gasteiger partial charge in [-0.15, -0.1) is 0 Å². The lowest BCUT2D eigenvalue weighted by Crippen LogP contribution is -2.27. The second-order valence-corrected chi connectivity index (χ2v) is 8.97. The number of thioether (sulfide) groups is 1. The Balaban J connectivity index is 1.51. The molecule has 1 aliphatic rings. The van der Waals surface area contributed by atoms with Crippen LogP contribution in [0, 0.1) is 10.1 Å². The maximum Gasteiger partial charge on any atom is 0.270 e. The van der Waals surface area contributed by atoms with E-state index < -0.39 is 4.92 Å². The maximum absolute atomic E-state index is 13.0. The van der Waals surface area contributed by atoms with Crippen LogP contribution in [0.3, 0.4) is 0 Å². The van der Waals surface area contributed by atoms with Crippen molar-refractivity contribution in [3.8, 4) is 11.3 Å². The van der Waals surface area contributed by atoms with Gasteiger partial charge in [0, 0.05) is 23.8 Å². The van der Waals surface area contributed by atoms with E-state index in [0.29, 0.717) is 26.3 Å². The number of carbonyl (C=O) groups is 1. The van der Waals surface area contributed by atoms with Crippen LogP contribution in [0.15, 0.2) is 70.0 Å². The van der Waals surface area contributed by atoms with Gasteiger partial charge in [0.25, 0.3) is 11.6 Å². The van der Waals surface area contributed by atoms with E-state index in [-0.39, 0.29) is 11.6 Å². The number of furan rings is 1. The molecule has 3 aromatic rings. The summed E-state index contributed by atoms with van der Waals surface area (Å²) >= 11 is 6.69. The molecule has 0 atom stereocenters. The van der Waals surface area contributed by atoms with Crippen LogP contribution in [0.4, 0.5) is 11.4 Å². The number of aryl methyl sites for hydroxylation is 1. The third-order valence-electron chi connectivity index (χ3n) is 5.07. The fourth-order valence-corrected chi connectivity index (χ4v) is 4.62. The van der Waals surface area contributed by atoms with Gasteiger partial charge < -0.3 is 4.42 Å². The number of nitro groups is 1. The van der Waals surface area contributed by atoms with Gasteiger partial charge >= 0.3 is 0 Å². The van der Waals surface area contributed by atoms with Crippen molar-refractivity contribution >= 4 is 51.7 Å². The van der Waals surface area contributed by atoms with E-state index in [0.717, 1.165) is 24.9 Å². The fourth-order valence-electron chi connectivity index (χ4n) is 3.35. The van der Waals surface area contributed by atoms with Crippen LogP contribution in [-0.4, -0.2) is 15.2 Å². The molecule has 6 nitrogen and oxygen atoms in total. The van der Waals surface area contributed by atoms with Crippen molar-refractivity contribution in [1.82, 2.24) is 0 Å². The van der Waals surface area contributed by atoms with Crippen molar-refractivity contribution in [2.45, 2.75) is 26.2 Å². The predicted molar refractivity (Wildman–Crippen MR) is 132 cm³/mol. The third-order valence-corrected chi connectivity index (χ3v) is 6.37. The van der Waals surface area contributed by atoms with E-state index in [2.05, 4.69) is 6.92 Å². The van der Waals surface area contributed by atoms with E-state index in [1.54, 1.807) is 30.3 Å². The zero-order valence-electron chi connectivity index (χ0n) is 17.3. The molecule has 32 heavy (non-hydrogen) atoms. The van der Waals surface area contributed by atoms with Crippen LogP contribution >= 0.6 is 24.0 Å². The number of non-ortho nitro benzene ring substituents is 1. The standard InChI is InChI=1S/C24H20N2O4S2/c1-2-3-4-16-5-9-18(10-6-16)25-23(27)22(32-24(25)31)15-20-13-14-21(30-20)17-7-11-19(12-8-17)26(28)29/h5-15H,2-4H2,1H3/b22-15+. The van der Waals surface area contributed by atoms with Crippen molar-refractivity contribution in [2.75, 3.05) is 4.90 Å². The molecule has 1 aliphatic heterocycles. The molecule has 4 rings (SSSR count). The number of rotatable bonds is 7. The summed E-state index contributed by atoms with van der Waals surface area (Å²) in [7, 11) is 0. The van der Waals surface area contributed by atoms with Crippen molar-refractivity contribution in [3.63, 3.8) is 0 Å². The van der Waals surface area contributed by atoms with Gasteiger partial charge in [-0.05, 0) is 54.8 Å². The highest BCUT2D eigenvalue weighted by molar-refractivity contribution is 8.27. The molecule has 1 saturated heterocycles. The molecule has 1 amide bonds. The van der Waals surface area contributed by atoms with Gasteiger partial charge in [-0.3, -0.25) is 19.8 Å². The molecular formula is C24H20N2O4S2. The smallest absolute Gasteiger partial charge is 0.270 e. The number of nitrogens with zero attached hydrogens (tertiary/aromatic N) is 2. The second kappa shape index (κ2) is 9.50. The summed E-state index contributed by atoms with van der Waals surface area (Å²) in [6.07, 6.45) is 4.96. The quantitative estimate of drug-likeness (QED) is 0.170. The van der Waals surface area contributed by atoms with E-state index in [1.165, 1.54) is 34.4 Å². The summed E-state index contributed by atoms with van der Waals surface area (Å²) in [6, 6.07) is 17.6. The van der Waals surface area contributed by atoms with Crippen LogP contribution in [0.5, 0.6) is 0 Å². The number of hydrogen-bond donors (Lipinski definition) is 0. The van der Waals surface area contributed by atoms with Gasteiger partial charge in [0.05, 0.1) is 15.5 Å². The molecule has 2 heterocycles. The molecule has 162 valence electrons. The number of nitro benzene ring substituents is 1. The topological polar surface area (TPSA) is 76.6 Å². The Morgan fingerprint density at radius 3 is 2.47 bits per heavy atom. The lowest BCUT2D eigenvalue weighted by molar-refractivity contribution is -0.384. The highest BCUT2D eigenvalue weighted by atomic mass is 32.2. The molecule has 0 unspecified atom stereocenters. The minimum atomic E-state index is -0.446. The summed E-state index contributed by atoms with van der Waals surface area (Å²) in [5.41, 5.74) is 2.72. The third kappa shape index (κ3) is 4.66. The van der Waals surface area contributed by atoms with Crippen molar-refractivity contribution in [1.29, 1.82) is 0 Å². The summed E-state index contributed by atoms with van der Waals surface area (Å²) in [6.45, 7) is 2.16. The lowest BCUT2D eigenvalue weighted by Gasteiger charge is -2.15. The number of benzene rings is 2. The molecule has 0 radical (unpaired) electrons. The first kappa shape index (κ1) is 22.0. The fraction of sp³-hybridized carbons (Fsp3) is 0.167. The molecule has 0 saturated carbocycles. The Hall–Kier alpha value is -3.23. The van der Waals surface area contributed by atoms with Crippen LogP contribution < -0.4 is 4.90 Å². The van der Waals surface area contributed by atoms with Crippen LogP contribution in [0.2, 0.25) is 0 Å². The average molecular weight is 465 g/mol. The zero-order chi connectivity index (χ0) is 22.7. The predicted octanol–water partition coefficient (Wildman–Crippen LogP) is 6.60. The Morgan fingerprint density at radius 1 is 1.09 bits per heavy atom. The molecule has 0 aliphatic carbocycles. The van der Waals surface area contributed by atoms with Gasteiger partial charge in [-0.2, -0.15) is 0 Å². The van der Waals surface area contributed by atoms with Crippen LogP contribution in [0.1, 0.15) is 31.1 Å². The Bertz CT molecular complexity index is 1200. The maximum atomic E-state index is 13.0. The number of amides is 1. The molecule has 8 heteroatoms. The molecular weight excluding hydrogens is 444 g/mol. The SMILES string of the molecule is CCCCc1ccc(N2C(=O)/C(=C\c3ccc(-c4ccc([N+](=O)[O-])cc4)o3)SC2=S)cc1. The lowest BCUT2D eigenvalue weighted by atomic mass is 10.1. The molecule has 2 aromatic carbocycles. The molecule has 0 spiro atoms. The number of hydrogen-bond acceptors (Lipinski definition) is 6. The van der Waals surface area contributed by atoms with Gasteiger partial charge in [0.15, 0.2) is 4.32 Å². The van der Waals surface area contributed by atoms with E-state index in [4.69, 9.17) is 16.6 Å². The number of thiocarbonyl (C=S) groups is 1. The Kier molecular flexibility index (Phi) is 6.53. The largest absolute Gasteiger partial charge is 0.457 e. The van der Waals surface area contributed by atoms with Gasteiger partial charge in [0.2, 0.25) is 0 Å². The van der Waals surface area contributed by atoms with E-state index >= 15 is 0 Å². The van der Waals surface area contributed by atoms with Crippen LogP contribution in [-0.2, 0) is 11.2 Å². The highest BCUT2D eigenvalue weighted by Crippen LogP contribution is 2.37. The van der Waals surface area contributed by atoms with Gasteiger partial charge in [0.1, 0.15) is 11.5 Å². The van der Waals surface area contributed by atoms with Gasteiger partial charge in [-0.1, -0.05) is 49.5 Å². The molecule has 1 aromatic heterocycles. The van der Waals surface area contributed by atoms with Gasteiger partial charge in [-0.25, -0.2) is 0 Å². The first-order chi connectivity index (χ1) is 15.5. The summed E-state index contributed by atoms with van der Waals surface area (Å²) in [5, 5.41) is 10.8. The van der Waals surface area contributed by atoms with Crippen LogP contribution in [0.25, 0.3) is 17.4 Å². The van der Waals surface area contributed by atoms with E-state index in [9.17, 15) is 14.9 Å².